The zero-order valence-electron chi connectivity index (χ0n) is 13.5. The van der Waals surface area contributed by atoms with E-state index in [1.165, 1.54) is 23.1 Å². The first-order valence-electron chi connectivity index (χ1n) is 7.94. The monoisotopic (exact) mass is 326 g/mol. The molecule has 0 saturated heterocycles. The number of hydrogen-bond acceptors (Lipinski definition) is 2. The Kier molecular flexibility index (Phi) is 4.60. The summed E-state index contributed by atoms with van der Waals surface area (Å²) in [5.74, 6) is -0.737. The Hall–Kier alpha value is -2.69. The topological polar surface area (TPSA) is 49.4 Å². The number of hydrogen-bond donors (Lipinski definition) is 1. The summed E-state index contributed by atoms with van der Waals surface area (Å²) in [5, 5.41) is 2.94. The lowest BCUT2D eigenvalue weighted by Crippen LogP contribution is -2.27. The summed E-state index contributed by atoms with van der Waals surface area (Å²) in [6.07, 6.45) is 2.10. The molecule has 124 valence electrons. The van der Waals surface area contributed by atoms with Crippen LogP contribution in [-0.4, -0.2) is 29.8 Å². The number of halogens is 1. The van der Waals surface area contributed by atoms with Gasteiger partial charge in [-0.25, -0.2) is 4.39 Å². The highest BCUT2D eigenvalue weighted by Gasteiger charge is 2.23. The third kappa shape index (κ3) is 3.98. The molecule has 1 saturated carbocycles. The third-order valence-electron chi connectivity index (χ3n) is 3.97. The van der Waals surface area contributed by atoms with Gasteiger partial charge in [-0.3, -0.25) is 9.59 Å². The van der Waals surface area contributed by atoms with Crippen molar-refractivity contribution in [2.75, 3.05) is 7.05 Å². The summed E-state index contributed by atoms with van der Waals surface area (Å²) >= 11 is 0. The summed E-state index contributed by atoms with van der Waals surface area (Å²) in [7, 11) is 1.67. The maximum absolute atomic E-state index is 13.2. The van der Waals surface area contributed by atoms with Crippen LogP contribution in [-0.2, 0) is 6.54 Å². The largest absolute Gasteiger partial charge is 0.349 e. The van der Waals surface area contributed by atoms with Gasteiger partial charge in [0.1, 0.15) is 5.82 Å². The predicted molar refractivity (Wildman–Crippen MR) is 89.1 cm³/mol. The van der Waals surface area contributed by atoms with Crippen molar-refractivity contribution in [3.05, 3.63) is 71.0 Å². The molecule has 2 amide bonds. The van der Waals surface area contributed by atoms with Crippen LogP contribution in [0.1, 0.15) is 39.1 Å². The van der Waals surface area contributed by atoms with E-state index in [0.717, 1.165) is 18.4 Å². The van der Waals surface area contributed by atoms with Crippen LogP contribution >= 0.6 is 0 Å². The standard InChI is InChI=1S/C19H19FN2O2/c1-22(19(24)15-3-2-4-16(20)11-15)12-13-5-7-14(8-6-13)18(23)21-17-9-10-17/h2-8,11,17H,9-10,12H2,1H3,(H,21,23). The molecule has 0 atom stereocenters. The van der Waals surface area contributed by atoms with Gasteiger partial charge in [-0.2, -0.15) is 0 Å². The number of nitrogens with zero attached hydrogens (tertiary/aromatic N) is 1. The van der Waals surface area contributed by atoms with Gasteiger partial charge in [0.15, 0.2) is 0 Å². The molecule has 4 nitrogen and oxygen atoms in total. The minimum Gasteiger partial charge on any atom is -0.349 e. The van der Waals surface area contributed by atoms with E-state index in [4.69, 9.17) is 0 Å². The Balaban J connectivity index is 1.62. The van der Waals surface area contributed by atoms with E-state index in [9.17, 15) is 14.0 Å². The van der Waals surface area contributed by atoms with Crippen molar-refractivity contribution in [1.29, 1.82) is 0 Å². The van der Waals surface area contributed by atoms with Crippen LogP contribution in [0, 0.1) is 5.82 Å². The van der Waals surface area contributed by atoms with Gasteiger partial charge in [-0.1, -0.05) is 18.2 Å². The van der Waals surface area contributed by atoms with E-state index in [2.05, 4.69) is 5.32 Å². The van der Waals surface area contributed by atoms with Gasteiger partial charge >= 0.3 is 0 Å². The molecule has 24 heavy (non-hydrogen) atoms. The molecular weight excluding hydrogens is 307 g/mol. The van der Waals surface area contributed by atoms with E-state index in [-0.39, 0.29) is 11.8 Å². The molecule has 0 heterocycles. The average Bonchev–Trinajstić information content (AvgIpc) is 3.38. The molecule has 1 fully saturated rings. The highest BCUT2D eigenvalue weighted by Crippen LogP contribution is 2.19. The van der Waals surface area contributed by atoms with Crippen LogP contribution in [0.3, 0.4) is 0 Å². The highest BCUT2D eigenvalue weighted by atomic mass is 19.1. The van der Waals surface area contributed by atoms with Crippen LogP contribution in [0.15, 0.2) is 48.5 Å². The molecule has 0 radical (unpaired) electrons. The van der Waals surface area contributed by atoms with Crippen molar-refractivity contribution in [3.8, 4) is 0 Å². The summed E-state index contributed by atoms with van der Waals surface area (Å²) < 4.78 is 13.2. The van der Waals surface area contributed by atoms with Crippen LogP contribution < -0.4 is 5.32 Å². The van der Waals surface area contributed by atoms with Gasteiger partial charge in [-0.15, -0.1) is 0 Å². The lowest BCUT2D eigenvalue weighted by atomic mass is 10.1. The van der Waals surface area contributed by atoms with Gasteiger partial charge < -0.3 is 10.2 Å². The first-order chi connectivity index (χ1) is 11.5. The smallest absolute Gasteiger partial charge is 0.253 e. The molecular formula is C19H19FN2O2. The van der Waals surface area contributed by atoms with Crippen LogP contribution in [0.2, 0.25) is 0 Å². The van der Waals surface area contributed by atoms with Crippen molar-refractivity contribution in [2.45, 2.75) is 25.4 Å². The molecule has 0 bridgehead atoms. The zero-order valence-corrected chi connectivity index (χ0v) is 13.5. The van der Waals surface area contributed by atoms with Gasteiger partial charge in [-0.05, 0) is 48.7 Å². The molecule has 0 aromatic heterocycles. The third-order valence-corrected chi connectivity index (χ3v) is 3.97. The van der Waals surface area contributed by atoms with Crippen molar-refractivity contribution in [3.63, 3.8) is 0 Å². The molecule has 5 heteroatoms. The van der Waals surface area contributed by atoms with E-state index in [0.29, 0.717) is 23.7 Å². The van der Waals surface area contributed by atoms with Crippen molar-refractivity contribution < 1.29 is 14.0 Å². The lowest BCUT2D eigenvalue weighted by Gasteiger charge is -2.17. The minimum absolute atomic E-state index is 0.0618. The number of benzene rings is 2. The van der Waals surface area contributed by atoms with Crippen molar-refractivity contribution in [2.24, 2.45) is 0 Å². The first-order valence-corrected chi connectivity index (χ1v) is 7.94. The molecule has 0 unspecified atom stereocenters. The molecule has 1 aliphatic carbocycles. The molecule has 0 spiro atoms. The number of rotatable bonds is 5. The molecule has 2 aromatic rings. The Morgan fingerprint density at radius 2 is 1.83 bits per heavy atom. The Morgan fingerprint density at radius 1 is 1.12 bits per heavy atom. The van der Waals surface area contributed by atoms with E-state index >= 15 is 0 Å². The Morgan fingerprint density at radius 3 is 2.46 bits per heavy atom. The second kappa shape index (κ2) is 6.83. The molecule has 0 aliphatic heterocycles. The molecule has 3 rings (SSSR count). The van der Waals surface area contributed by atoms with E-state index < -0.39 is 5.82 Å². The number of carbonyl (C=O) groups excluding carboxylic acids is 2. The van der Waals surface area contributed by atoms with Gasteiger partial charge in [0.05, 0.1) is 0 Å². The Bertz CT molecular complexity index is 754. The number of amides is 2. The van der Waals surface area contributed by atoms with Crippen LogP contribution in [0.5, 0.6) is 0 Å². The summed E-state index contributed by atoms with van der Waals surface area (Å²) in [4.78, 5) is 25.8. The van der Waals surface area contributed by atoms with Gasteiger partial charge in [0.2, 0.25) is 0 Å². The summed E-state index contributed by atoms with van der Waals surface area (Å²) in [6, 6.07) is 13.1. The van der Waals surface area contributed by atoms with Gasteiger partial charge in [0, 0.05) is 30.8 Å². The SMILES string of the molecule is CN(Cc1ccc(C(=O)NC2CC2)cc1)C(=O)c1cccc(F)c1. The fourth-order valence-corrected chi connectivity index (χ4v) is 2.45. The van der Waals surface area contributed by atoms with Crippen molar-refractivity contribution >= 4 is 11.8 Å². The predicted octanol–water partition coefficient (Wildman–Crippen LogP) is 2.99. The van der Waals surface area contributed by atoms with Crippen molar-refractivity contribution in [1.82, 2.24) is 10.2 Å². The molecule has 1 N–H and O–H groups in total. The highest BCUT2D eigenvalue weighted by molar-refractivity contribution is 5.95. The normalized spacial score (nSPS) is 13.4. The number of carbonyl (C=O) groups is 2. The fourth-order valence-electron chi connectivity index (χ4n) is 2.45. The maximum Gasteiger partial charge on any atom is 0.253 e. The molecule has 2 aromatic carbocycles. The minimum atomic E-state index is -0.430. The summed E-state index contributed by atoms with van der Waals surface area (Å²) in [6.45, 7) is 0.389. The zero-order chi connectivity index (χ0) is 17.1. The van der Waals surface area contributed by atoms with E-state index in [1.807, 2.05) is 12.1 Å². The van der Waals surface area contributed by atoms with Gasteiger partial charge in [0.25, 0.3) is 11.8 Å². The quantitative estimate of drug-likeness (QED) is 0.918. The second-order valence-electron chi connectivity index (χ2n) is 6.12. The number of nitrogens with one attached hydrogen (secondary N) is 1. The second-order valence-corrected chi connectivity index (χ2v) is 6.12. The lowest BCUT2D eigenvalue weighted by molar-refractivity contribution is 0.0784. The van der Waals surface area contributed by atoms with Crippen LogP contribution in [0.25, 0.3) is 0 Å². The van der Waals surface area contributed by atoms with E-state index in [1.54, 1.807) is 25.2 Å². The first kappa shape index (κ1) is 16.2. The molecule has 1 aliphatic rings. The average molecular weight is 326 g/mol. The summed E-state index contributed by atoms with van der Waals surface area (Å²) in [5.41, 5.74) is 1.84. The van der Waals surface area contributed by atoms with Crippen LogP contribution in [0.4, 0.5) is 4.39 Å². The maximum atomic E-state index is 13.2. The Labute approximate surface area is 140 Å². The fraction of sp³-hybridized carbons (Fsp3) is 0.263.